The van der Waals surface area contributed by atoms with Gasteiger partial charge in [-0.15, -0.1) is 0 Å². The molecule has 0 aromatic heterocycles. The number of sulfonamides is 1. The second-order valence-corrected chi connectivity index (χ2v) is 10.6. The van der Waals surface area contributed by atoms with Crippen molar-refractivity contribution in [3.63, 3.8) is 0 Å². The molecule has 1 aliphatic rings. The fourth-order valence-electron chi connectivity index (χ4n) is 3.83. The van der Waals surface area contributed by atoms with Crippen LogP contribution < -0.4 is 19.1 Å². The van der Waals surface area contributed by atoms with E-state index in [1.54, 1.807) is 19.2 Å². The summed E-state index contributed by atoms with van der Waals surface area (Å²) in [6, 6.07) is 10.7. The van der Waals surface area contributed by atoms with Crippen molar-refractivity contribution in [3.05, 3.63) is 53.1 Å². The van der Waals surface area contributed by atoms with Crippen LogP contribution in [0.1, 0.15) is 43.0 Å². The maximum absolute atomic E-state index is 13.0. The van der Waals surface area contributed by atoms with Gasteiger partial charge < -0.3 is 14.8 Å². The number of methoxy groups -OCH3 is 1. The normalized spacial score (nSPS) is 17.3. The SMILES string of the molecule is COc1ccc2c(c1)OC(C)(C)C[C@@H]2NC(=O)CN(c1cc(C)ccc1C)S(C)(=O)=O. The van der Waals surface area contributed by atoms with E-state index in [0.717, 1.165) is 27.3 Å². The van der Waals surface area contributed by atoms with Crippen molar-refractivity contribution in [1.82, 2.24) is 5.32 Å². The molecule has 2 aromatic rings. The molecule has 1 heterocycles. The molecule has 0 unspecified atom stereocenters. The average molecular weight is 447 g/mol. The Morgan fingerprint density at radius 2 is 1.94 bits per heavy atom. The molecular formula is C23H30N2O5S. The number of amides is 1. The van der Waals surface area contributed by atoms with Gasteiger partial charge in [-0.05, 0) is 57.0 Å². The van der Waals surface area contributed by atoms with Crippen LogP contribution in [0.4, 0.5) is 5.69 Å². The van der Waals surface area contributed by atoms with E-state index in [1.165, 1.54) is 0 Å². The van der Waals surface area contributed by atoms with Gasteiger partial charge in [-0.3, -0.25) is 9.10 Å². The number of aryl methyl sites for hydroxylation is 2. The van der Waals surface area contributed by atoms with Crippen molar-refractivity contribution in [3.8, 4) is 11.5 Å². The van der Waals surface area contributed by atoms with E-state index < -0.39 is 15.6 Å². The second-order valence-electron chi connectivity index (χ2n) is 8.65. The number of nitrogens with one attached hydrogen (secondary N) is 1. The minimum absolute atomic E-state index is 0.299. The molecule has 2 aromatic carbocycles. The lowest BCUT2D eigenvalue weighted by molar-refractivity contribution is -0.120. The number of benzene rings is 2. The van der Waals surface area contributed by atoms with Crippen LogP contribution in [0.25, 0.3) is 0 Å². The minimum Gasteiger partial charge on any atom is -0.497 e. The van der Waals surface area contributed by atoms with Crippen LogP contribution >= 0.6 is 0 Å². The number of nitrogens with zero attached hydrogens (tertiary/aromatic N) is 1. The molecule has 0 aliphatic carbocycles. The third kappa shape index (κ3) is 5.31. The van der Waals surface area contributed by atoms with Gasteiger partial charge in [0.05, 0.1) is 25.1 Å². The van der Waals surface area contributed by atoms with E-state index in [-0.39, 0.29) is 18.5 Å². The predicted molar refractivity (Wildman–Crippen MR) is 121 cm³/mol. The maximum Gasteiger partial charge on any atom is 0.241 e. The summed E-state index contributed by atoms with van der Waals surface area (Å²) in [5, 5.41) is 3.01. The fraction of sp³-hybridized carbons (Fsp3) is 0.435. The van der Waals surface area contributed by atoms with Gasteiger partial charge in [-0.2, -0.15) is 0 Å². The highest BCUT2D eigenvalue weighted by atomic mass is 32.2. The molecule has 1 amide bonds. The van der Waals surface area contributed by atoms with Crippen molar-refractivity contribution in [2.45, 2.75) is 45.8 Å². The van der Waals surface area contributed by atoms with Crippen molar-refractivity contribution >= 4 is 21.6 Å². The monoisotopic (exact) mass is 446 g/mol. The Morgan fingerprint density at radius 3 is 2.58 bits per heavy atom. The Kier molecular flexibility index (Phi) is 6.23. The molecule has 1 N–H and O–H groups in total. The molecule has 31 heavy (non-hydrogen) atoms. The smallest absolute Gasteiger partial charge is 0.241 e. The number of fused-ring (bicyclic) bond motifs is 1. The lowest BCUT2D eigenvalue weighted by atomic mass is 9.89. The van der Waals surface area contributed by atoms with E-state index >= 15 is 0 Å². The zero-order chi connectivity index (χ0) is 23.0. The van der Waals surface area contributed by atoms with Gasteiger partial charge in [-0.1, -0.05) is 12.1 Å². The Labute approximate surface area is 184 Å². The molecule has 1 atom stereocenters. The number of rotatable bonds is 6. The van der Waals surface area contributed by atoms with Crippen molar-refractivity contribution in [1.29, 1.82) is 0 Å². The summed E-state index contributed by atoms with van der Waals surface area (Å²) in [5.74, 6) is 0.936. The zero-order valence-corrected chi connectivity index (χ0v) is 19.7. The van der Waals surface area contributed by atoms with Gasteiger partial charge >= 0.3 is 0 Å². The first-order chi connectivity index (χ1) is 14.4. The second kappa shape index (κ2) is 8.42. The standard InChI is InChI=1S/C23H30N2O5S/c1-15-7-8-16(2)20(11-15)25(31(6,27)28)14-22(26)24-19-13-23(3,4)30-21-12-17(29-5)9-10-18(19)21/h7-12,19H,13-14H2,1-6H3,(H,24,26)/t19-/m0/s1. The van der Waals surface area contributed by atoms with Crippen LogP contribution in [-0.2, 0) is 14.8 Å². The van der Waals surface area contributed by atoms with Gasteiger partial charge in [0.25, 0.3) is 0 Å². The third-order valence-corrected chi connectivity index (χ3v) is 6.46. The Bertz CT molecular complexity index is 1100. The number of hydrogen-bond acceptors (Lipinski definition) is 5. The third-order valence-electron chi connectivity index (χ3n) is 5.33. The number of carbonyl (C=O) groups excluding carboxylic acids is 1. The van der Waals surface area contributed by atoms with E-state index in [9.17, 15) is 13.2 Å². The van der Waals surface area contributed by atoms with Crippen molar-refractivity contribution in [2.75, 3.05) is 24.2 Å². The molecule has 1 aliphatic heterocycles. The van der Waals surface area contributed by atoms with Gasteiger partial charge in [0.2, 0.25) is 15.9 Å². The van der Waals surface area contributed by atoms with Crippen LogP contribution in [0.15, 0.2) is 36.4 Å². The summed E-state index contributed by atoms with van der Waals surface area (Å²) in [7, 11) is -2.07. The molecule has 8 heteroatoms. The highest BCUT2D eigenvalue weighted by molar-refractivity contribution is 7.92. The fourth-order valence-corrected chi connectivity index (χ4v) is 4.73. The van der Waals surface area contributed by atoms with Crippen LogP contribution in [0.2, 0.25) is 0 Å². The summed E-state index contributed by atoms with van der Waals surface area (Å²) in [4.78, 5) is 13.0. The van der Waals surface area contributed by atoms with Crippen LogP contribution in [0.5, 0.6) is 11.5 Å². The first-order valence-electron chi connectivity index (χ1n) is 10.1. The quantitative estimate of drug-likeness (QED) is 0.734. The molecule has 0 bridgehead atoms. The van der Waals surface area contributed by atoms with Crippen LogP contribution in [0, 0.1) is 13.8 Å². The van der Waals surface area contributed by atoms with Gasteiger partial charge in [0, 0.05) is 18.1 Å². The van der Waals surface area contributed by atoms with Gasteiger partial charge in [0.1, 0.15) is 23.6 Å². The number of ether oxygens (including phenoxy) is 2. The van der Waals surface area contributed by atoms with Crippen molar-refractivity contribution < 1.29 is 22.7 Å². The molecule has 0 radical (unpaired) electrons. The summed E-state index contributed by atoms with van der Waals surface area (Å²) in [6.45, 7) is 7.32. The molecular weight excluding hydrogens is 416 g/mol. The van der Waals surface area contributed by atoms with Gasteiger partial charge in [-0.25, -0.2) is 8.42 Å². The number of hydrogen-bond donors (Lipinski definition) is 1. The van der Waals surface area contributed by atoms with E-state index in [1.807, 2.05) is 52.0 Å². The first-order valence-corrected chi connectivity index (χ1v) is 12.0. The highest BCUT2D eigenvalue weighted by Crippen LogP contribution is 2.41. The van der Waals surface area contributed by atoms with Crippen LogP contribution in [-0.4, -0.2) is 39.8 Å². The van der Waals surface area contributed by atoms with Crippen molar-refractivity contribution in [2.24, 2.45) is 0 Å². The van der Waals surface area contributed by atoms with E-state index in [2.05, 4.69) is 5.32 Å². The highest BCUT2D eigenvalue weighted by Gasteiger charge is 2.35. The average Bonchev–Trinajstić information content (AvgIpc) is 2.66. The first kappa shape index (κ1) is 22.9. The zero-order valence-electron chi connectivity index (χ0n) is 18.9. The molecule has 7 nitrogen and oxygen atoms in total. The topological polar surface area (TPSA) is 84.9 Å². The van der Waals surface area contributed by atoms with Crippen LogP contribution in [0.3, 0.4) is 0 Å². The van der Waals surface area contributed by atoms with E-state index in [0.29, 0.717) is 23.6 Å². The van der Waals surface area contributed by atoms with Gasteiger partial charge in [0.15, 0.2) is 0 Å². The molecule has 0 fully saturated rings. The lowest BCUT2D eigenvalue weighted by Gasteiger charge is -2.38. The Hall–Kier alpha value is -2.74. The maximum atomic E-state index is 13.0. The number of anilines is 1. The Morgan fingerprint density at radius 1 is 1.23 bits per heavy atom. The molecule has 0 spiro atoms. The molecule has 0 saturated heterocycles. The predicted octanol–water partition coefficient (Wildman–Crippen LogP) is 3.50. The molecule has 0 saturated carbocycles. The number of carbonyl (C=O) groups is 1. The lowest BCUT2D eigenvalue weighted by Crippen LogP contribution is -2.45. The summed E-state index contributed by atoms with van der Waals surface area (Å²) in [6.07, 6.45) is 1.67. The minimum atomic E-state index is -3.65. The largest absolute Gasteiger partial charge is 0.497 e. The van der Waals surface area contributed by atoms with E-state index in [4.69, 9.17) is 9.47 Å². The molecule has 3 rings (SSSR count). The summed E-state index contributed by atoms with van der Waals surface area (Å²) < 4.78 is 37.5. The summed E-state index contributed by atoms with van der Waals surface area (Å²) in [5.41, 5.74) is 2.56. The summed E-state index contributed by atoms with van der Waals surface area (Å²) >= 11 is 0. The molecule has 168 valence electrons. The Balaban J connectivity index is 1.87.